The number of halogens is 3. The molecule has 1 aromatic carbocycles. The summed E-state index contributed by atoms with van der Waals surface area (Å²) in [5.74, 6) is -0.723. The second kappa shape index (κ2) is 6.90. The molecule has 142 valence electrons. The highest BCUT2D eigenvalue weighted by atomic mass is 19.4. The number of ether oxygens (including phenoxy) is 1. The molecule has 2 heterocycles. The van der Waals surface area contributed by atoms with E-state index in [1.807, 2.05) is 0 Å². The maximum Gasteiger partial charge on any atom is 0.417 e. The number of rotatable bonds is 1. The molecule has 2 aliphatic rings. The zero-order valence-corrected chi connectivity index (χ0v) is 14.5. The Labute approximate surface area is 149 Å². The number of amides is 2. The molecule has 1 aromatic rings. The van der Waals surface area contributed by atoms with Gasteiger partial charge in [-0.15, -0.1) is 0 Å². The largest absolute Gasteiger partial charge is 0.417 e. The van der Waals surface area contributed by atoms with E-state index >= 15 is 0 Å². The second-order valence-corrected chi connectivity index (χ2v) is 6.85. The van der Waals surface area contributed by atoms with E-state index in [0.717, 1.165) is 6.07 Å². The summed E-state index contributed by atoms with van der Waals surface area (Å²) in [5.41, 5.74) is -1.99. The number of hydrogen-bond donors (Lipinski definition) is 0. The van der Waals surface area contributed by atoms with Crippen LogP contribution < -0.4 is 0 Å². The van der Waals surface area contributed by atoms with E-state index in [-0.39, 0.29) is 18.0 Å². The van der Waals surface area contributed by atoms with E-state index in [1.165, 1.54) is 30.0 Å². The lowest BCUT2D eigenvalue weighted by Gasteiger charge is -2.47. The van der Waals surface area contributed by atoms with Crippen LogP contribution in [0.3, 0.4) is 0 Å². The summed E-state index contributed by atoms with van der Waals surface area (Å²) in [6, 6.07) is 4.82. The van der Waals surface area contributed by atoms with Crippen LogP contribution in [0.1, 0.15) is 35.7 Å². The molecule has 1 atom stereocenters. The first-order chi connectivity index (χ1) is 12.2. The van der Waals surface area contributed by atoms with Crippen molar-refractivity contribution in [1.29, 1.82) is 0 Å². The van der Waals surface area contributed by atoms with Crippen LogP contribution in [0.4, 0.5) is 13.2 Å². The maximum absolute atomic E-state index is 13.2. The van der Waals surface area contributed by atoms with Crippen molar-refractivity contribution in [1.82, 2.24) is 9.80 Å². The van der Waals surface area contributed by atoms with Crippen LogP contribution in [0.5, 0.6) is 0 Å². The SMILES string of the molecule is CC(=O)N1CCOC2(CCCN(C(=O)c3ccccc3C(F)(F)F)C2)C1. The van der Waals surface area contributed by atoms with Crippen molar-refractivity contribution in [2.75, 3.05) is 32.8 Å². The number of nitrogens with zero attached hydrogens (tertiary/aromatic N) is 2. The van der Waals surface area contributed by atoms with Crippen molar-refractivity contribution >= 4 is 11.8 Å². The molecule has 26 heavy (non-hydrogen) atoms. The molecule has 0 N–H and O–H groups in total. The van der Waals surface area contributed by atoms with Gasteiger partial charge in [0.1, 0.15) is 5.60 Å². The Balaban J connectivity index is 1.82. The van der Waals surface area contributed by atoms with E-state index in [2.05, 4.69) is 0 Å². The number of carbonyl (C=O) groups excluding carboxylic acids is 2. The molecule has 0 saturated carbocycles. The van der Waals surface area contributed by atoms with Gasteiger partial charge in [0.15, 0.2) is 0 Å². The summed E-state index contributed by atoms with van der Waals surface area (Å²) in [7, 11) is 0. The lowest BCUT2D eigenvalue weighted by atomic mass is 9.90. The van der Waals surface area contributed by atoms with Gasteiger partial charge < -0.3 is 14.5 Å². The van der Waals surface area contributed by atoms with Crippen LogP contribution in [-0.4, -0.2) is 60.0 Å². The first kappa shape index (κ1) is 18.7. The van der Waals surface area contributed by atoms with E-state index in [4.69, 9.17) is 4.74 Å². The minimum absolute atomic E-state index is 0.0708. The molecule has 1 unspecified atom stereocenters. The number of morpholine rings is 1. The number of piperidine rings is 1. The normalized spacial score (nSPS) is 24.0. The highest BCUT2D eigenvalue weighted by molar-refractivity contribution is 5.96. The fourth-order valence-electron chi connectivity index (χ4n) is 3.72. The number of alkyl halides is 3. The van der Waals surface area contributed by atoms with E-state index in [0.29, 0.717) is 39.1 Å². The first-order valence-corrected chi connectivity index (χ1v) is 8.57. The predicted octanol–water partition coefficient (Wildman–Crippen LogP) is 2.56. The Bertz CT molecular complexity index is 703. The summed E-state index contributed by atoms with van der Waals surface area (Å²) in [5, 5.41) is 0. The Kier molecular flexibility index (Phi) is 4.96. The fraction of sp³-hybridized carbons (Fsp3) is 0.556. The fourth-order valence-corrected chi connectivity index (χ4v) is 3.72. The van der Waals surface area contributed by atoms with E-state index in [1.54, 1.807) is 4.90 Å². The maximum atomic E-state index is 13.2. The summed E-state index contributed by atoms with van der Waals surface area (Å²) >= 11 is 0. The van der Waals surface area contributed by atoms with E-state index < -0.39 is 23.2 Å². The van der Waals surface area contributed by atoms with Gasteiger partial charge in [-0.1, -0.05) is 12.1 Å². The molecule has 1 spiro atoms. The molecule has 3 rings (SSSR count). The number of hydrogen-bond acceptors (Lipinski definition) is 3. The number of likely N-dealkylation sites (tertiary alicyclic amines) is 1. The summed E-state index contributed by atoms with van der Waals surface area (Å²) in [6.07, 6.45) is -3.31. The van der Waals surface area contributed by atoms with Gasteiger partial charge in [-0.2, -0.15) is 13.2 Å². The Morgan fingerprint density at radius 3 is 2.50 bits per heavy atom. The zero-order chi connectivity index (χ0) is 18.9. The molecule has 0 aliphatic carbocycles. The topological polar surface area (TPSA) is 49.9 Å². The van der Waals surface area contributed by atoms with Crippen LogP contribution in [-0.2, 0) is 15.7 Å². The van der Waals surface area contributed by atoms with Crippen LogP contribution in [0.25, 0.3) is 0 Å². The second-order valence-electron chi connectivity index (χ2n) is 6.85. The molecular weight excluding hydrogens is 349 g/mol. The number of benzene rings is 1. The lowest BCUT2D eigenvalue weighted by Crippen LogP contribution is -2.61. The lowest BCUT2D eigenvalue weighted by molar-refractivity contribution is -0.157. The number of carbonyl (C=O) groups is 2. The Hall–Kier alpha value is -2.09. The van der Waals surface area contributed by atoms with Crippen molar-refractivity contribution in [3.63, 3.8) is 0 Å². The van der Waals surface area contributed by atoms with Gasteiger partial charge in [-0.3, -0.25) is 9.59 Å². The minimum Gasteiger partial charge on any atom is -0.369 e. The van der Waals surface area contributed by atoms with Gasteiger partial charge in [-0.25, -0.2) is 0 Å². The molecule has 5 nitrogen and oxygen atoms in total. The van der Waals surface area contributed by atoms with Crippen LogP contribution in [0.2, 0.25) is 0 Å². The quantitative estimate of drug-likeness (QED) is 0.764. The summed E-state index contributed by atoms with van der Waals surface area (Å²) in [4.78, 5) is 27.6. The monoisotopic (exact) mass is 370 g/mol. The van der Waals surface area contributed by atoms with Gasteiger partial charge in [0, 0.05) is 20.0 Å². The van der Waals surface area contributed by atoms with Gasteiger partial charge >= 0.3 is 6.18 Å². The van der Waals surface area contributed by atoms with E-state index in [9.17, 15) is 22.8 Å². The van der Waals surface area contributed by atoms with Crippen LogP contribution in [0, 0.1) is 0 Å². The molecular formula is C18H21F3N2O3. The van der Waals surface area contributed by atoms with Crippen molar-refractivity contribution in [2.24, 2.45) is 0 Å². The van der Waals surface area contributed by atoms with Crippen molar-refractivity contribution < 1.29 is 27.5 Å². The van der Waals surface area contributed by atoms with Crippen molar-refractivity contribution in [2.45, 2.75) is 31.5 Å². The summed E-state index contributed by atoms with van der Waals surface area (Å²) < 4.78 is 45.6. The van der Waals surface area contributed by atoms with Gasteiger partial charge in [-0.05, 0) is 25.0 Å². The predicted molar refractivity (Wildman–Crippen MR) is 87.5 cm³/mol. The molecule has 0 radical (unpaired) electrons. The average molecular weight is 370 g/mol. The van der Waals surface area contributed by atoms with Crippen LogP contribution in [0.15, 0.2) is 24.3 Å². The molecule has 2 saturated heterocycles. The molecule has 8 heteroatoms. The highest BCUT2D eigenvalue weighted by Gasteiger charge is 2.43. The highest BCUT2D eigenvalue weighted by Crippen LogP contribution is 2.34. The van der Waals surface area contributed by atoms with Gasteiger partial charge in [0.05, 0.1) is 30.8 Å². The van der Waals surface area contributed by atoms with Crippen molar-refractivity contribution in [3.8, 4) is 0 Å². The van der Waals surface area contributed by atoms with Crippen molar-refractivity contribution in [3.05, 3.63) is 35.4 Å². The Morgan fingerprint density at radius 1 is 1.12 bits per heavy atom. The third-order valence-electron chi connectivity index (χ3n) is 4.98. The van der Waals surface area contributed by atoms with Gasteiger partial charge in [0.2, 0.25) is 5.91 Å². The smallest absolute Gasteiger partial charge is 0.369 e. The minimum atomic E-state index is -4.59. The standard InChI is InChI=1S/C18H21F3N2O3/c1-13(24)22-9-10-26-17(11-22)7-4-8-23(12-17)16(25)14-5-2-3-6-15(14)18(19,20)21/h2-3,5-6H,4,7-12H2,1H3. The molecule has 2 aliphatic heterocycles. The Morgan fingerprint density at radius 2 is 1.81 bits per heavy atom. The van der Waals surface area contributed by atoms with Gasteiger partial charge in [0.25, 0.3) is 5.91 Å². The summed E-state index contributed by atoms with van der Waals surface area (Å²) in [6.45, 7) is 3.23. The molecule has 2 fully saturated rings. The molecule has 0 bridgehead atoms. The molecule has 0 aromatic heterocycles. The third kappa shape index (κ3) is 3.70. The zero-order valence-electron chi connectivity index (χ0n) is 14.5. The molecule has 2 amide bonds. The van der Waals surface area contributed by atoms with Crippen LogP contribution >= 0.6 is 0 Å². The average Bonchev–Trinajstić information content (AvgIpc) is 2.60. The third-order valence-corrected chi connectivity index (χ3v) is 4.98. The first-order valence-electron chi connectivity index (χ1n) is 8.57.